The number of nitrogens with zero attached hydrogens (tertiary/aromatic N) is 1. The zero-order valence-corrected chi connectivity index (χ0v) is 8.78. The van der Waals surface area contributed by atoms with Gasteiger partial charge in [-0.1, -0.05) is 13.8 Å². The number of rotatable bonds is 3. The van der Waals surface area contributed by atoms with E-state index in [4.69, 9.17) is 4.74 Å². The molecule has 0 aliphatic carbocycles. The quantitative estimate of drug-likeness (QED) is 0.620. The minimum Gasteiger partial charge on any atom is -0.378 e. The van der Waals surface area contributed by atoms with Crippen molar-refractivity contribution in [3.63, 3.8) is 0 Å². The summed E-state index contributed by atoms with van der Waals surface area (Å²) in [7, 11) is 0. The maximum atomic E-state index is 11.9. The molecule has 1 heterocycles. The first kappa shape index (κ1) is 11.2. The number of morpholine rings is 1. The van der Waals surface area contributed by atoms with Crippen LogP contribution >= 0.6 is 0 Å². The summed E-state index contributed by atoms with van der Waals surface area (Å²) >= 11 is 0. The Morgan fingerprint density at radius 1 is 1.43 bits per heavy atom. The summed E-state index contributed by atoms with van der Waals surface area (Å²) in [5.41, 5.74) is -0.570. The second kappa shape index (κ2) is 4.55. The number of ether oxygens (including phenoxy) is 1. The Morgan fingerprint density at radius 2 is 2.00 bits per heavy atom. The van der Waals surface area contributed by atoms with Gasteiger partial charge >= 0.3 is 0 Å². The molecule has 0 unspecified atom stereocenters. The highest BCUT2D eigenvalue weighted by Gasteiger charge is 2.32. The van der Waals surface area contributed by atoms with E-state index in [-0.39, 0.29) is 12.3 Å². The van der Waals surface area contributed by atoms with Crippen LogP contribution in [0.2, 0.25) is 0 Å². The molecule has 0 radical (unpaired) electrons. The summed E-state index contributed by atoms with van der Waals surface area (Å²) in [6, 6.07) is 0. The van der Waals surface area contributed by atoms with Gasteiger partial charge in [0.15, 0.2) is 0 Å². The van der Waals surface area contributed by atoms with Crippen LogP contribution in [0.25, 0.3) is 0 Å². The van der Waals surface area contributed by atoms with Crippen LogP contribution in [-0.4, -0.2) is 43.4 Å². The van der Waals surface area contributed by atoms with Gasteiger partial charge in [0.2, 0.25) is 5.91 Å². The molecule has 0 atom stereocenters. The SMILES string of the molecule is CC(C)(CC=O)C(=O)N1CCOCC1. The topological polar surface area (TPSA) is 46.6 Å². The number of hydrogen-bond donors (Lipinski definition) is 0. The first-order valence-electron chi connectivity index (χ1n) is 4.89. The molecule has 0 bridgehead atoms. The normalized spacial score (nSPS) is 18.0. The Morgan fingerprint density at radius 3 is 2.50 bits per heavy atom. The molecule has 14 heavy (non-hydrogen) atoms. The van der Waals surface area contributed by atoms with Crippen molar-refractivity contribution in [1.29, 1.82) is 0 Å². The Bertz CT molecular complexity index is 219. The molecule has 1 rings (SSSR count). The fourth-order valence-corrected chi connectivity index (χ4v) is 1.49. The van der Waals surface area contributed by atoms with Crippen LogP contribution in [0.3, 0.4) is 0 Å². The third kappa shape index (κ3) is 2.54. The Balaban J connectivity index is 2.57. The van der Waals surface area contributed by atoms with Crippen LogP contribution in [0.1, 0.15) is 20.3 Å². The van der Waals surface area contributed by atoms with Crippen molar-refractivity contribution in [3.8, 4) is 0 Å². The monoisotopic (exact) mass is 199 g/mol. The third-order valence-corrected chi connectivity index (χ3v) is 2.47. The van der Waals surface area contributed by atoms with Gasteiger partial charge in [-0.15, -0.1) is 0 Å². The molecule has 1 aliphatic rings. The van der Waals surface area contributed by atoms with Crippen molar-refractivity contribution in [1.82, 2.24) is 4.90 Å². The second-order valence-corrected chi connectivity index (χ2v) is 4.16. The van der Waals surface area contributed by atoms with E-state index in [1.165, 1.54) is 0 Å². The molecule has 1 aliphatic heterocycles. The largest absolute Gasteiger partial charge is 0.378 e. The van der Waals surface area contributed by atoms with Crippen molar-refractivity contribution in [2.24, 2.45) is 5.41 Å². The van der Waals surface area contributed by atoms with Crippen LogP contribution < -0.4 is 0 Å². The number of carbonyl (C=O) groups excluding carboxylic acids is 2. The van der Waals surface area contributed by atoms with E-state index in [2.05, 4.69) is 0 Å². The van der Waals surface area contributed by atoms with E-state index in [0.29, 0.717) is 26.3 Å². The average molecular weight is 199 g/mol. The molecule has 0 spiro atoms. The summed E-state index contributed by atoms with van der Waals surface area (Å²) < 4.78 is 5.16. The molecular formula is C10H17NO3. The highest BCUT2D eigenvalue weighted by molar-refractivity contribution is 5.84. The maximum Gasteiger partial charge on any atom is 0.228 e. The number of hydrogen-bond acceptors (Lipinski definition) is 3. The van der Waals surface area contributed by atoms with E-state index < -0.39 is 5.41 Å². The Hall–Kier alpha value is -0.900. The fourth-order valence-electron chi connectivity index (χ4n) is 1.49. The highest BCUT2D eigenvalue weighted by atomic mass is 16.5. The molecule has 4 heteroatoms. The van der Waals surface area contributed by atoms with Crippen LogP contribution in [0.4, 0.5) is 0 Å². The van der Waals surface area contributed by atoms with Gasteiger partial charge in [-0.3, -0.25) is 4.79 Å². The van der Waals surface area contributed by atoms with Gasteiger partial charge in [-0.25, -0.2) is 0 Å². The predicted molar refractivity (Wildman–Crippen MR) is 51.9 cm³/mol. The minimum atomic E-state index is -0.570. The molecule has 0 aromatic carbocycles. The van der Waals surface area contributed by atoms with Crippen molar-refractivity contribution in [3.05, 3.63) is 0 Å². The van der Waals surface area contributed by atoms with Gasteiger partial charge in [-0.2, -0.15) is 0 Å². The Kier molecular flexibility index (Phi) is 3.63. The first-order chi connectivity index (χ1) is 6.58. The lowest BCUT2D eigenvalue weighted by atomic mass is 9.88. The number of aldehydes is 1. The van der Waals surface area contributed by atoms with Crippen LogP contribution in [0.15, 0.2) is 0 Å². The van der Waals surface area contributed by atoms with Crippen molar-refractivity contribution >= 4 is 12.2 Å². The van der Waals surface area contributed by atoms with Gasteiger partial charge in [0.05, 0.1) is 18.6 Å². The summed E-state index contributed by atoms with van der Waals surface area (Å²) in [6.07, 6.45) is 1.08. The van der Waals surface area contributed by atoms with E-state index >= 15 is 0 Å². The van der Waals surface area contributed by atoms with E-state index in [1.807, 2.05) is 0 Å². The standard InChI is InChI=1S/C10H17NO3/c1-10(2,3-6-12)9(13)11-4-7-14-8-5-11/h6H,3-5,7-8H2,1-2H3. The molecule has 0 aromatic rings. The van der Waals surface area contributed by atoms with Gasteiger partial charge in [0.25, 0.3) is 0 Å². The molecule has 1 fully saturated rings. The first-order valence-corrected chi connectivity index (χ1v) is 4.89. The molecule has 0 saturated carbocycles. The van der Waals surface area contributed by atoms with Gasteiger partial charge < -0.3 is 14.4 Å². The summed E-state index contributed by atoms with van der Waals surface area (Å²) in [5, 5.41) is 0. The average Bonchev–Trinajstić information content (AvgIpc) is 2.18. The molecule has 1 amide bonds. The minimum absolute atomic E-state index is 0.0490. The zero-order chi connectivity index (χ0) is 10.6. The lowest BCUT2D eigenvalue weighted by Gasteiger charge is -2.33. The van der Waals surface area contributed by atoms with Gasteiger partial charge in [-0.05, 0) is 0 Å². The maximum absolute atomic E-state index is 11.9. The Labute approximate surface area is 84.2 Å². The molecular weight excluding hydrogens is 182 g/mol. The van der Waals surface area contributed by atoms with Gasteiger partial charge in [0.1, 0.15) is 6.29 Å². The van der Waals surface area contributed by atoms with E-state index in [0.717, 1.165) is 6.29 Å². The molecule has 0 N–H and O–H groups in total. The van der Waals surface area contributed by atoms with Crippen molar-refractivity contribution in [2.75, 3.05) is 26.3 Å². The molecule has 0 aromatic heterocycles. The zero-order valence-electron chi connectivity index (χ0n) is 8.78. The molecule has 4 nitrogen and oxygen atoms in total. The lowest BCUT2D eigenvalue weighted by Crippen LogP contribution is -2.46. The fraction of sp³-hybridized carbons (Fsp3) is 0.800. The summed E-state index contributed by atoms with van der Waals surface area (Å²) in [4.78, 5) is 24.1. The number of carbonyl (C=O) groups is 2. The van der Waals surface area contributed by atoms with Crippen molar-refractivity contribution in [2.45, 2.75) is 20.3 Å². The highest BCUT2D eigenvalue weighted by Crippen LogP contribution is 2.22. The van der Waals surface area contributed by atoms with Gasteiger partial charge in [0, 0.05) is 19.5 Å². The number of amides is 1. The third-order valence-electron chi connectivity index (χ3n) is 2.47. The van der Waals surface area contributed by atoms with E-state index in [9.17, 15) is 9.59 Å². The summed E-state index contributed by atoms with van der Waals surface area (Å²) in [6.45, 7) is 6.09. The predicted octanol–water partition coefficient (Wildman–Crippen LogP) is 0.460. The second-order valence-electron chi connectivity index (χ2n) is 4.16. The lowest BCUT2D eigenvalue weighted by molar-refractivity contribution is -0.145. The van der Waals surface area contributed by atoms with Crippen LogP contribution in [0.5, 0.6) is 0 Å². The smallest absolute Gasteiger partial charge is 0.228 e. The molecule has 80 valence electrons. The van der Waals surface area contributed by atoms with E-state index in [1.54, 1.807) is 18.7 Å². The molecule has 1 saturated heterocycles. The van der Waals surface area contributed by atoms with Crippen LogP contribution in [-0.2, 0) is 14.3 Å². The summed E-state index contributed by atoms with van der Waals surface area (Å²) in [5.74, 6) is 0.0490. The van der Waals surface area contributed by atoms with Crippen LogP contribution in [0, 0.1) is 5.41 Å². The van der Waals surface area contributed by atoms with Crippen molar-refractivity contribution < 1.29 is 14.3 Å².